The number of anilines is 1. The molecule has 3 aromatic rings. The topological polar surface area (TPSA) is 79.0 Å². The van der Waals surface area contributed by atoms with Crippen molar-refractivity contribution in [3.05, 3.63) is 95.6 Å². The van der Waals surface area contributed by atoms with Crippen LogP contribution < -0.4 is 15.0 Å². The summed E-state index contributed by atoms with van der Waals surface area (Å²) in [5.41, 5.74) is 2.33. The number of hydrogen-bond acceptors (Lipinski definition) is 4. The van der Waals surface area contributed by atoms with Crippen LogP contribution in [0.4, 0.5) is 5.69 Å². The summed E-state index contributed by atoms with van der Waals surface area (Å²) in [4.78, 5) is 42.2. The Balaban J connectivity index is 1.22. The molecule has 3 aromatic carbocycles. The van der Waals surface area contributed by atoms with Crippen LogP contribution in [-0.2, 0) is 22.7 Å². The van der Waals surface area contributed by atoms with Crippen molar-refractivity contribution in [2.45, 2.75) is 45.0 Å². The Morgan fingerprint density at radius 1 is 0.972 bits per heavy atom. The fraction of sp³-hybridized carbons (Fsp3) is 0.276. The number of amides is 3. The van der Waals surface area contributed by atoms with Gasteiger partial charge in [0.25, 0.3) is 5.91 Å². The zero-order chi connectivity index (χ0) is 25.1. The maximum Gasteiger partial charge on any atom is 0.257 e. The van der Waals surface area contributed by atoms with E-state index in [1.54, 1.807) is 21.9 Å². The fourth-order valence-electron chi connectivity index (χ4n) is 5.06. The van der Waals surface area contributed by atoms with Gasteiger partial charge in [-0.2, -0.15) is 0 Å². The van der Waals surface area contributed by atoms with E-state index < -0.39 is 5.66 Å². The van der Waals surface area contributed by atoms with Crippen LogP contribution in [-0.4, -0.2) is 34.8 Å². The molecule has 3 amide bonds. The molecule has 0 radical (unpaired) electrons. The summed E-state index contributed by atoms with van der Waals surface area (Å²) in [7, 11) is 0. The van der Waals surface area contributed by atoms with Crippen LogP contribution >= 0.6 is 0 Å². The molecule has 0 bridgehead atoms. The van der Waals surface area contributed by atoms with E-state index in [-0.39, 0.29) is 30.7 Å². The number of carbonyl (C=O) groups is 3. The minimum atomic E-state index is -0.763. The Bertz CT molecular complexity index is 1290. The van der Waals surface area contributed by atoms with Crippen molar-refractivity contribution in [3.8, 4) is 5.75 Å². The molecule has 2 aliphatic rings. The third-order valence-electron chi connectivity index (χ3n) is 6.99. The third-order valence-corrected chi connectivity index (χ3v) is 6.99. The minimum absolute atomic E-state index is 0.000916. The summed E-state index contributed by atoms with van der Waals surface area (Å²) in [6.45, 7) is 2.90. The molecule has 0 aliphatic carbocycles. The van der Waals surface area contributed by atoms with Crippen LogP contribution in [0.1, 0.15) is 47.7 Å². The average Bonchev–Trinajstić information content (AvgIpc) is 3.22. The standard InChI is InChI=1S/C29H29N3O4/c1-29-17-15-27(34)32(29)24-13-7-6-12-23(24)28(35)31(29)18-16-26(33)30-19-22-11-5-8-14-25(22)36-20-21-9-3-2-4-10-21/h2-14H,15-20H2,1H3,(H,30,33). The van der Waals surface area contributed by atoms with Gasteiger partial charge in [0, 0.05) is 31.5 Å². The van der Waals surface area contributed by atoms with E-state index in [9.17, 15) is 14.4 Å². The van der Waals surface area contributed by atoms with Crippen LogP contribution in [0.5, 0.6) is 5.75 Å². The number of ether oxygens (including phenoxy) is 1. The van der Waals surface area contributed by atoms with Gasteiger partial charge < -0.3 is 15.0 Å². The van der Waals surface area contributed by atoms with Gasteiger partial charge in [-0.15, -0.1) is 0 Å². The second-order valence-electron chi connectivity index (χ2n) is 9.33. The normalized spacial score (nSPS) is 18.6. The van der Waals surface area contributed by atoms with Gasteiger partial charge in [0.1, 0.15) is 18.0 Å². The van der Waals surface area contributed by atoms with Gasteiger partial charge in [-0.3, -0.25) is 19.3 Å². The predicted octanol–water partition coefficient (Wildman–Crippen LogP) is 4.27. The first-order valence-corrected chi connectivity index (χ1v) is 12.2. The lowest BCUT2D eigenvalue weighted by Gasteiger charge is -2.48. The molecular formula is C29H29N3O4. The van der Waals surface area contributed by atoms with Gasteiger partial charge >= 0.3 is 0 Å². The number of benzene rings is 3. The Hall–Kier alpha value is -4.13. The van der Waals surface area contributed by atoms with Crippen LogP contribution in [0.3, 0.4) is 0 Å². The SMILES string of the molecule is CC12CCC(=O)N1c1ccccc1C(=O)N2CCC(=O)NCc1ccccc1OCc1ccccc1. The van der Waals surface area contributed by atoms with E-state index >= 15 is 0 Å². The predicted molar refractivity (Wildman–Crippen MR) is 136 cm³/mol. The van der Waals surface area contributed by atoms with Crippen LogP contribution in [0.25, 0.3) is 0 Å². The number of nitrogens with zero attached hydrogens (tertiary/aromatic N) is 2. The number of carbonyl (C=O) groups excluding carboxylic acids is 3. The van der Waals surface area contributed by atoms with E-state index in [0.717, 1.165) is 16.9 Å². The second-order valence-corrected chi connectivity index (χ2v) is 9.33. The smallest absolute Gasteiger partial charge is 0.257 e. The molecule has 7 nitrogen and oxygen atoms in total. The largest absolute Gasteiger partial charge is 0.489 e. The quantitative estimate of drug-likeness (QED) is 0.519. The number of nitrogens with one attached hydrogen (secondary N) is 1. The van der Waals surface area contributed by atoms with Gasteiger partial charge in [0.15, 0.2) is 0 Å². The van der Waals surface area contributed by atoms with Crippen molar-refractivity contribution in [1.29, 1.82) is 0 Å². The summed E-state index contributed by atoms with van der Waals surface area (Å²) in [6.07, 6.45) is 1.05. The van der Waals surface area contributed by atoms with Crippen LogP contribution in [0.2, 0.25) is 0 Å². The molecule has 1 fully saturated rings. The van der Waals surface area contributed by atoms with Crippen molar-refractivity contribution in [2.75, 3.05) is 11.4 Å². The molecule has 0 aromatic heterocycles. The van der Waals surface area contributed by atoms with E-state index in [0.29, 0.717) is 37.2 Å². The Labute approximate surface area is 210 Å². The van der Waals surface area contributed by atoms with Gasteiger partial charge in [0.05, 0.1) is 11.3 Å². The van der Waals surface area contributed by atoms with Gasteiger partial charge in [0.2, 0.25) is 11.8 Å². The summed E-state index contributed by atoms with van der Waals surface area (Å²) in [5.74, 6) is 0.404. The van der Waals surface area contributed by atoms with Gasteiger partial charge in [-0.05, 0) is 37.1 Å². The molecule has 1 atom stereocenters. The number of para-hydroxylation sites is 2. The molecule has 0 saturated carbocycles. The lowest BCUT2D eigenvalue weighted by atomic mass is 9.98. The minimum Gasteiger partial charge on any atom is -0.489 e. The molecule has 2 heterocycles. The summed E-state index contributed by atoms with van der Waals surface area (Å²) in [6, 6.07) is 24.7. The summed E-state index contributed by atoms with van der Waals surface area (Å²) < 4.78 is 5.99. The Kier molecular flexibility index (Phi) is 6.46. The molecule has 2 aliphatic heterocycles. The molecule has 1 saturated heterocycles. The first-order valence-electron chi connectivity index (χ1n) is 12.2. The molecule has 1 N–H and O–H groups in total. The van der Waals surface area contributed by atoms with Crippen molar-refractivity contribution in [3.63, 3.8) is 0 Å². The third kappa shape index (κ3) is 4.44. The Morgan fingerprint density at radius 3 is 2.53 bits per heavy atom. The van der Waals surface area contributed by atoms with Crippen molar-refractivity contribution >= 4 is 23.4 Å². The first-order chi connectivity index (χ1) is 17.5. The van der Waals surface area contributed by atoms with Crippen molar-refractivity contribution in [1.82, 2.24) is 10.2 Å². The highest BCUT2D eigenvalue weighted by Gasteiger charge is 2.52. The second kappa shape index (κ2) is 9.85. The fourth-order valence-corrected chi connectivity index (χ4v) is 5.06. The summed E-state index contributed by atoms with van der Waals surface area (Å²) in [5, 5.41) is 2.95. The monoisotopic (exact) mass is 483 g/mol. The van der Waals surface area contributed by atoms with E-state index in [2.05, 4.69) is 5.32 Å². The summed E-state index contributed by atoms with van der Waals surface area (Å²) >= 11 is 0. The maximum atomic E-state index is 13.3. The number of hydrogen-bond donors (Lipinski definition) is 1. The van der Waals surface area contributed by atoms with Crippen molar-refractivity contribution in [2.24, 2.45) is 0 Å². The van der Waals surface area contributed by atoms with Crippen LogP contribution in [0, 0.1) is 0 Å². The zero-order valence-electron chi connectivity index (χ0n) is 20.3. The van der Waals surface area contributed by atoms with E-state index in [1.165, 1.54) is 0 Å². The highest BCUT2D eigenvalue weighted by molar-refractivity contribution is 6.10. The molecule has 5 rings (SSSR count). The molecule has 0 spiro atoms. The van der Waals surface area contributed by atoms with E-state index in [1.807, 2.05) is 73.7 Å². The molecule has 36 heavy (non-hydrogen) atoms. The zero-order valence-corrected chi connectivity index (χ0v) is 20.3. The number of rotatable bonds is 8. The molecular weight excluding hydrogens is 454 g/mol. The Morgan fingerprint density at radius 2 is 1.69 bits per heavy atom. The lowest BCUT2D eigenvalue weighted by Crippen LogP contribution is -2.62. The van der Waals surface area contributed by atoms with Crippen LogP contribution in [0.15, 0.2) is 78.9 Å². The molecule has 184 valence electrons. The lowest BCUT2D eigenvalue weighted by molar-refractivity contribution is -0.121. The average molecular weight is 484 g/mol. The molecule has 7 heteroatoms. The molecule has 1 unspecified atom stereocenters. The number of fused-ring (bicyclic) bond motifs is 3. The van der Waals surface area contributed by atoms with Gasteiger partial charge in [-0.1, -0.05) is 60.7 Å². The highest BCUT2D eigenvalue weighted by Crippen LogP contribution is 2.43. The first kappa shape index (κ1) is 23.6. The van der Waals surface area contributed by atoms with Gasteiger partial charge in [-0.25, -0.2) is 0 Å². The van der Waals surface area contributed by atoms with E-state index in [4.69, 9.17) is 4.74 Å². The van der Waals surface area contributed by atoms with Crippen molar-refractivity contribution < 1.29 is 19.1 Å². The maximum absolute atomic E-state index is 13.3. The highest BCUT2D eigenvalue weighted by atomic mass is 16.5.